The highest BCUT2D eigenvalue weighted by molar-refractivity contribution is 5.89. The number of piperazine rings is 1. The highest BCUT2D eigenvalue weighted by Crippen LogP contribution is 2.33. The summed E-state index contributed by atoms with van der Waals surface area (Å²) in [5, 5.41) is 10.9. The van der Waals surface area contributed by atoms with Gasteiger partial charge in [-0.2, -0.15) is 13.2 Å². The molecule has 0 saturated carbocycles. The molecule has 1 N–H and O–H groups in total. The molecule has 166 valence electrons. The van der Waals surface area contributed by atoms with Gasteiger partial charge in [-0.25, -0.2) is 9.18 Å². The first-order valence-electron chi connectivity index (χ1n) is 9.73. The van der Waals surface area contributed by atoms with Crippen molar-refractivity contribution < 1.29 is 22.4 Å². The third kappa shape index (κ3) is 4.76. The van der Waals surface area contributed by atoms with Gasteiger partial charge in [0.1, 0.15) is 5.82 Å². The normalized spacial score (nSPS) is 14.4. The van der Waals surface area contributed by atoms with Crippen molar-refractivity contribution in [3.8, 4) is 11.3 Å². The molecule has 1 aliphatic rings. The first-order valence-corrected chi connectivity index (χ1v) is 9.73. The Balaban J connectivity index is 1.35. The summed E-state index contributed by atoms with van der Waals surface area (Å²) in [5.41, 5.74) is 0.0688. The van der Waals surface area contributed by atoms with Gasteiger partial charge in [-0.15, -0.1) is 10.2 Å². The number of hydrogen-bond acceptors (Lipinski definition) is 5. The van der Waals surface area contributed by atoms with E-state index >= 15 is 0 Å². The molecule has 11 heteroatoms. The average Bonchev–Trinajstić information content (AvgIpc) is 2.80. The van der Waals surface area contributed by atoms with Crippen molar-refractivity contribution in [1.82, 2.24) is 20.1 Å². The van der Waals surface area contributed by atoms with Crippen LogP contribution < -0.4 is 10.2 Å². The molecule has 0 aliphatic carbocycles. The van der Waals surface area contributed by atoms with Crippen LogP contribution in [0.15, 0.2) is 54.9 Å². The summed E-state index contributed by atoms with van der Waals surface area (Å²) in [6.07, 6.45) is -1.50. The van der Waals surface area contributed by atoms with Crippen LogP contribution in [-0.2, 0) is 6.18 Å². The third-order valence-corrected chi connectivity index (χ3v) is 5.04. The van der Waals surface area contributed by atoms with E-state index in [-0.39, 0.29) is 5.69 Å². The average molecular weight is 446 g/mol. The van der Waals surface area contributed by atoms with Crippen molar-refractivity contribution in [3.63, 3.8) is 0 Å². The number of carbonyl (C=O) groups excluding carboxylic acids is 1. The Morgan fingerprint density at radius 2 is 1.66 bits per heavy atom. The first-order chi connectivity index (χ1) is 15.3. The van der Waals surface area contributed by atoms with E-state index in [1.165, 1.54) is 4.90 Å². The van der Waals surface area contributed by atoms with Crippen LogP contribution in [0.25, 0.3) is 11.3 Å². The standard InChI is InChI=1S/C21H18F4N6O/c22-17-2-1-15(13-16(17)21(23,24)25)27-20(32)31-11-9-30(10-12-31)19-4-3-18(28-29-19)14-5-7-26-8-6-14/h1-8,13H,9-12H2,(H,27,32). The molecule has 0 bridgehead atoms. The molecular weight excluding hydrogens is 428 g/mol. The first kappa shape index (κ1) is 21.5. The molecule has 1 saturated heterocycles. The molecule has 32 heavy (non-hydrogen) atoms. The van der Waals surface area contributed by atoms with E-state index in [1.807, 2.05) is 29.2 Å². The number of carbonyl (C=O) groups is 1. The number of aromatic nitrogens is 3. The number of rotatable bonds is 3. The number of urea groups is 1. The van der Waals surface area contributed by atoms with Crippen molar-refractivity contribution in [2.24, 2.45) is 0 Å². The predicted octanol–water partition coefficient (Wildman–Crippen LogP) is 4.05. The van der Waals surface area contributed by atoms with Crippen LogP contribution in [-0.4, -0.2) is 52.3 Å². The van der Waals surface area contributed by atoms with Crippen molar-refractivity contribution in [2.75, 3.05) is 36.4 Å². The van der Waals surface area contributed by atoms with Gasteiger partial charge in [0.2, 0.25) is 0 Å². The van der Waals surface area contributed by atoms with Crippen molar-refractivity contribution in [3.05, 3.63) is 66.2 Å². The molecule has 1 fully saturated rings. The fourth-order valence-electron chi connectivity index (χ4n) is 3.33. The predicted molar refractivity (Wildman–Crippen MR) is 109 cm³/mol. The number of halogens is 4. The second-order valence-electron chi connectivity index (χ2n) is 7.11. The molecule has 1 aromatic carbocycles. The number of nitrogens with one attached hydrogen (secondary N) is 1. The molecule has 4 rings (SSSR count). The Kier molecular flexibility index (Phi) is 5.89. The quantitative estimate of drug-likeness (QED) is 0.615. The van der Waals surface area contributed by atoms with E-state index in [2.05, 4.69) is 20.5 Å². The molecule has 2 aromatic heterocycles. The van der Waals surface area contributed by atoms with Crippen molar-refractivity contribution in [2.45, 2.75) is 6.18 Å². The Morgan fingerprint density at radius 1 is 0.938 bits per heavy atom. The van der Waals surface area contributed by atoms with E-state index in [4.69, 9.17) is 0 Å². The van der Waals surface area contributed by atoms with Gasteiger partial charge in [0.25, 0.3) is 0 Å². The van der Waals surface area contributed by atoms with E-state index in [0.717, 1.165) is 11.6 Å². The Labute approximate surface area is 180 Å². The van der Waals surface area contributed by atoms with Crippen LogP contribution in [0, 0.1) is 5.82 Å². The third-order valence-electron chi connectivity index (χ3n) is 5.04. The molecule has 1 aliphatic heterocycles. The molecular formula is C21H18F4N6O. The van der Waals surface area contributed by atoms with E-state index < -0.39 is 23.6 Å². The summed E-state index contributed by atoms with van der Waals surface area (Å²) in [4.78, 5) is 19.9. The fraction of sp³-hybridized carbons (Fsp3) is 0.238. The lowest BCUT2D eigenvalue weighted by Gasteiger charge is -2.35. The van der Waals surface area contributed by atoms with E-state index in [1.54, 1.807) is 12.4 Å². The second kappa shape index (κ2) is 8.77. The minimum atomic E-state index is -4.84. The molecule has 3 heterocycles. The summed E-state index contributed by atoms with van der Waals surface area (Å²) in [6, 6.07) is 9.18. The smallest absolute Gasteiger partial charge is 0.352 e. The van der Waals surface area contributed by atoms with Gasteiger partial charge in [0, 0.05) is 49.8 Å². The SMILES string of the molecule is O=C(Nc1ccc(F)c(C(F)(F)F)c1)N1CCN(c2ccc(-c3ccncc3)nn2)CC1. The van der Waals surface area contributed by atoms with Crippen LogP contribution in [0.1, 0.15) is 5.56 Å². The van der Waals surface area contributed by atoms with Gasteiger partial charge in [-0.05, 0) is 42.5 Å². The topological polar surface area (TPSA) is 74.2 Å². The summed E-state index contributed by atoms with van der Waals surface area (Å²) in [6.45, 7) is 1.64. The Hall–Kier alpha value is -3.76. The van der Waals surface area contributed by atoms with Crippen molar-refractivity contribution >= 4 is 17.5 Å². The van der Waals surface area contributed by atoms with Gasteiger partial charge in [-0.3, -0.25) is 4.98 Å². The molecule has 0 spiro atoms. The highest BCUT2D eigenvalue weighted by atomic mass is 19.4. The van der Waals surface area contributed by atoms with Gasteiger partial charge in [0.05, 0.1) is 11.3 Å². The Morgan fingerprint density at radius 3 is 2.28 bits per heavy atom. The van der Waals surface area contributed by atoms with E-state index in [0.29, 0.717) is 49.8 Å². The van der Waals surface area contributed by atoms with Crippen LogP contribution in [0.2, 0.25) is 0 Å². The number of anilines is 2. The zero-order chi connectivity index (χ0) is 22.7. The minimum absolute atomic E-state index is 0.122. The number of hydrogen-bond donors (Lipinski definition) is 1. The molecule has 7 nitrogen and oxygen atoms in total. The minimum Gasteiger partial charge on any atom is -0.352 e. The van der Waals surface area contributed by atoms with Crippen LogP contribution in [0.3, 0.4) is 0 Å². The summed E-state index contributed by atoms with van der Waals surface area (Å²) < 4.78 is 52.0. The summed E-state index contributed by atoms with van der Waals surface area (Å²) >= 11 is 0. The number of nitrogens with zero attached hydrogens (tertiary/aromatic N) is 5. The maximum absolute atomic E-state index is 13.4. The second-order valence-corrected chi connectivity index (χ2v) is 7.11. The maximum Gasteiger partial charge on any atom is 0.419 e. The van der Waals surface area contributed by atoms with Gasteiger partial charge in [0.15, 0.2) is 5.82 Å². The summed E-state index contributed by atoms with van der Waals surface area (Å²) in [7, 11) is 0. The van der Waals surface area contributed by atoms with Crippen LogP contribution >= 0.6 is 0 Å². The molecule has 0 unspecified atom stereocenters. The highest BCUT2D eigenvalue weighted by Gasteiger charge is 2.34. The zero-order valence-electron chi connectivity index (χ0n) is 16.7. The lowest BCUT2D eigenvalue weighted by Crippen LogP contribution is -2.50. The molecule has 2 amide bonds. The fourth-order valence-corrected chi connectivity index (χ4v) is 3.33. The zero-order valence-corrected chi connectivity index (χ0v) is 16.7. The maximum atomic E-state index is 13.4. The van der Waals surface area contributed by atoms with Gasteiger partial charge >= 0.3 is 12.2 Å². The number of pyridine rings is 1. The van der Waals surface area contributed by atoms with Crippen molar-refractivity contribution in [1.29, 1.82) is 0 Å². The van der Waals surface area contributed by atoms with Gasteiger partial charge in [-0.1, -0.05) is 0 Å². The molecule has 3 aromatic rings. The van der Waals surface area contributed by atoms with Crippen LogP contribution in [0.5, 0.6) is 0 Å². The largest absolute Gasteiger partial charge is 0.419 e. The lowest BCUT2D eigenvalue weighted by molar-refractivity contribution is -0.139. The Bertz CT molecular complexity index is 1080. The lowest BCUT2D eigenvalue weighted by atomic mass is 10.2. The van der Waals surface area contributed by atoms with Gasteiger partial charge < -0.3 is 15.1 Å². The van der Waals surface area contributed by atoms with E-state index in [9.17, 15) is 22.4 Å². The molecule has 0 radical (unpaired) electrons. The number of amides is 2. The number of alkyl halides is 3. The number of benzene rings is 1. The van der Waals surface area contributed by atoms with Crippen LogP contribution in [0.4, 0.5) is 33.9 Å². The monoisotopic (exact) mass is 446 g/mol. The molecule has 0 atom stereocenters. The summed E-state index contributed by atoms with van der Waals surface area (Å²) in [5.74, 6) is -0.726.